The van der Waals surface area contributed by atoms with Crippen LogP contribution in [-0.2, 0) is 12.6 Å². The molecule has 0 N–H and O–H groups in total. The van der Waals surface area contributed by atoms with Crippen molar-refractivity contribution in [2.24, 2.45) is 4.99 Å². The van der Waals surface area contributed by atoms with E-state index in [1.165, 1.54) is 6.07 Å². The zero-order valence-electron chi connectivity index (χ0n) is 15.3. The molecule has 2 aromatic carbocycles. The topological polar surface area (TPSA) is 15.6 Å². The lowest BCUT2D eigenvalue weighted by Gasteiger charge is -2.14. The minimum Gasteiger partial charge on any atom is -0.366 e. The Bertz CT molecular complexity index is 813. The first-order valence-electron chi connectivity index (χ1n) is 8.32. The van der Waals surface area contributed by atoms with Gasteiger partial charge in [0.15, 0.2) is 0 Å². The Morgan fingerprint density at radius 1 is 1.12 bits per heavy atom. The fourth-order valence-corrected chi connectivity index (χ4v) is 2.78. The molecule has 0 aliphatic carbocycles. The Morgan fingerprint density at radius 2 is 1.81 bits per heavy atom. The lowest BCUT2D eigenvalue weighted by molar-refractivity contribution is -0.137. The maximum absolute atomic E-state index is 13.0. The van der Waals surface area contributed by atoms with Crippen LogP contribution in [0.4, 0.5) is 18.9 Å². The highest BCUT2D eigenvalue weighted by molar-refractivity contribution is 6.31. The van der Waals surface area contributed by atoms with E-state index in [-0.39, 0.29) is 5.02 Å². The second-order valence-corrected chi connectivity index (χ2v) is 6.78. The average molecular weight is 383 g/mol. The van der Waals surface area contributed by atoms with Gasteiger partial charge in [-0.25, -0.2) is 4.99 Å². The van der Waals surface area contributed by atoms with Crippen molar-refractivity contribution in [3.05, 3.63) is 63.2 Å². The molecule has 0 saturated heterocycles. The van der Waals surface area contributed by atoms with E-state index < -0.39 is 11.7 Å². The maximum atomic E-state index is 13.0. The average Bonchev–Trinajstić information content (AvgIpc) is 2.56. The van der Waals surface area contributed by atoms with Crippen molar-refractivity contribution in [1.29, 1.82) is 0 Å². The lowest BCUT2D eigenvalue weighted by Crippen LogP contribution is -2.14. The molecule has 0 amide bonds. The van der Waals surface area contributed by atoms with Gasteiger partial charge in [0, 0.05) is 13.6 Å². The van der Waals surface area contributed by atoms with Crippen LogP contribution in [0.25, 0.3) is 0 Å². The van der Waals surface area contributed by atoms with E-state index in [4.69, 9.17) is 11.6 Å². The molecule has 2 aromatic rings. The number of halogens is 4. The van der Waals surface area contributed by atoms with Crippen LogP contribution in [0.2, 0.25) is 5.02 Å². The van der Waals surface area contributed by atoms with Gasteiger partial charge in [0.05, 0.1) is 22.6 Å². The summed E-state index contributed by atoms with van der Waals surface area (Å²) >= 11 is 5.69. The fraction of sp³-hybridized carbons (Fsp3) is 0.350. The second kappa shape index (κ2) is 8.12. The van der Waals surface area contributed by atoms with Crippen LogP contribution in [0, 0.1) is 13.8 Å². The summed E-state index contributed by atoms with van der Waals surface area (Å²) in [5, 5.41) is -0.279. The second-order valence-electron chi connectivity index (χ2n) is 6.37. The molecule has 140 valence electrons. The summed E-state index contributed by atoms with van der Waals surface area (Å²) in [7, 11) is 1.94. The smallest absolute Gasteiger partial charge is 0.366 e. The summed E-state index contributed by atoms with van der Waals surface area (Å²) in [6.07, 6.45) is -2.27. The molecule has 0 atom stereocenters. The van der Waals surface area contributed by atoms with E-state index in [0.29, 0.717) is 12.0 Å². The van der Waals surface area contributed by atoms with Gasteiger partial charge in [0.1, 0.15) is 0 Å². The van der Waals surface area contributed by atoms with Gasteiger partial charge in [-0.15, -0.1) is 0 Å². The highest BCUT2D eigenvalue weighted by Crippen LogP contribution is 2.35. The molecule has 0 aliphatic rings. The van der Waals surface area contributed by atoms with Gasteiger partial charge >= 0.3 is 6.18 Å². The molecule has 0 unspecified atom stereocenters. The quantitative estimate of drug-likeness (QED) is 0.445. The molecule has 6 heteroatoms. The molecule has 26 heavy (non-hydrogen) atoms. The summed E-state index contributed by atoms with van der Waals surface area (Å²) in [6.45, 7) is 6.79. The van der Waals surface area contributed by atoms with Crippen LogP contribution in [-0.4, -0.2) is 24.8 Å². The highest BCUT2D eigenvalue weighted by atomic mass is 35.5. The summed E-state index contributed by atoms with van der Waals surface area (Å²) in [6, 6.07) is 8.01. The van der Waals surface area contributed by atoms with E-state index in [9.17, 15) is 13.2 Å². The SMILES string of the molecule is CCN(C)/C=N\c1cc(C)c(Cc2ccc(Cl)c(C(F)(F)F)c2)cc1C. The Balaban J connectivity index is 2.31. The van der Waals surface area contributed by atoms with Crippen molar-refractivity contribution >= 4 is 23.6 Å². The molecule has 2 nitrogen and oxygen atoms in total. The molecule has 0 aliphatic heterocycles. The highest BCUT2D eigenvalue weighted by Gasteiger charge is 2.33. The third-order valence-electron chi connectivity index (χ3n) is 4.28. The molecule has 0 fully saturated rings. The van der Waals surface area contributed by atoms with Crippen LogP contribution >= 0.6 is 11.6 Å². The Kier molecular flexibility index (Phi) is 6.34. The Labute approximate surface area is 157 Å². The number of benzene rings is 2. The van der Waals surface area contributed by atoms with E-state index in [2.05, 4.69) is 4.99 Å². The fourth-order valence-electron chi connectivity index (χ4n) is 2.55. The van der Waals surface area contributed by atoms with Crippen molar-refractivity contribution in [3.8, 4) is 0 Å². The number of hydrogen-bond donors (Lipinski definition) is 0. The molecule has 0 bridgehead atoms. The van der Waals surface area contributed by atoms with Crippen LogP contribution in [0.5, 0.6) is 0 Å². The minimum absolute atomic E-state index is 0.279. The van der Waals surface area contributed by atoms with Gasteiger partial charge in [-0.05, 0) is 67.6 Å². The first-order valence-corrected chi connectivity index (χ1v) is 8.69. The van der Waals surface area contributed by atoms with Gasteiger partial charge in [-0.1, -0.05) is 23.7 Å². The van der Waals surface area contributed by atoms with Crippen LogP contribution < -0.4 is 0 Å². The predicted molar refractivity (Wildman–Crippen MR) is 102 cm³/mol. The van der Waals surface area contributed by atoms with Crippen LogP contribution in [0.3, 0.4) is 0 Å². The van der Waals surface area contributed by atoms with Gasteiger partial charge in [-0.2, -0.15) is 13.2 Å². The Morgan fingerprint density at radius 3 is 2.42 bits per heavy atom. The number of nitrogens with zero attached hydrogens (tertiary/aromatic N) is 2. The third kappa shape index (κ3) is 5.01. The van der Waals surface area contributed by atoms with Crippen molar-refractivity contribution in [2.45, 2.75) is 33.4 Å². The van der Waals surface area contributed by atoms with E-state index in [0.717, 1.165) is 35.0 Å². The first-order chi connectivity index (χ1) is 12.1. The zero-order valence-corrected chi connectivity index (χ0v) is 16.0. The summed E-state index contributed by atoms with van der Waals surface area (Å²) in [5.74, 6) is 0. The van der Waals surface area contributed by atoms with Gasteiger partial charge in [0.2, 0.25) is 0 Å². The van der Waals surface area contributed by atoms with Gasteiger partial charge in [0.25, 0.3) is 0 Å². The van der Waals surface area contributed by atoms with Crippen LogP contribution in [0.1, 0.15) is 34.7 Å². The maximum Gasteiger partial charge on any atom is 0.417 e. The Hall–Kier alpha value is -2.01. The number of aliphatic imine (C=N–C) groups is 1. The molecule has 0 aromatic heterocycles. The normalized spacial score (nSPS) is 12.0. The van der Waals surface area contributed by atoms with Gasteiger partial charge in [-0.3, -0.25) is 0 Å². The lowest BCUT2D eigenvalue weighted by atomic mass is 9.96. The standard InChI is InChI=1S/C20H22ClF3N2/c1-5-26(4)12-25-19-9-13(2)16(8-14(19)3)10-15-6-7-18(21)17(11-15)20(22,23)24/h6-9,11-12H,5,10H2,1-4H3/b25-12-. The van der Waals surface area contributed by atoms with E-state index >= 15 is 0 Å². The van der Waals surface area contributed by atoms with Crippen molar-refractivity contribution in [2.75, 3.05) is 13.6 Å². The first kappa shape index (κ1) is 20.3. The largest absolute Gasteiger partial charge is 0.417 e. The number of hydrogen-bond acceptors (Lipinski definition) is 1. The molecule has 0 heterocycles. The summed E-state index contributed by atoms with van der Waals surface area (Å²) < 4.78 is 39.1. The van der Waals surface area contributed by atoms with Crippen molar-refractivity contribution in [1.82, 2.24) is 4.90 Å². The number of aryl methyl sites for hydroxylation is 2. The molecule has 0 saturated carbocycles. The number of alkyl halides is 3. The summed E-state index contributed by atoms with van der Waals surface area (Å²) in [5.41, 5.74) is 3.59. The zero-order chi connectivity index (χ0) is 19.5. The van der Waals surface area contributed by atoms with E-state index in [1.807, 2.05) is 44.9 Å². The monoisotopic (exact) mass is 382 g/mol. The van der Waals surface area contributed by atoms with Crippen molar-refractivity contribution in [3.63, 3.8) is 0 Å². The van der Waals surface area contributed by atoms with E-state index in [1.54, 1.807) is 12.4 Å². The number of rotatable bonds is 5. The summed E-state index contributed by atoms with van der Waals surface area (Å²) in [4.78, 5) is 6.45. The molecule has 0 spiro atoms. The van der Waals surface area contributed by atoms with Crippen molar-refractivity contribution < 1.29 is 13.2 Å². The minimum atomic E-state index is -4.46. The molecular weight excluding hydrogens is 361 g/mol. The van der Waals surface area contributed by atoms with Crippen LogP contribution in [0.15, 0.2) is 35.3 Å². The molecule has 2 rings (SSSR count). The predicted octanol–water partition coefficient (Wildman–Crippen LogP) is 6.18. The third-order valence-corrected chi connectivity index (χ3v) is 4.61. The molecule has 0 radical (unpaired) electrons. The molecular formula is C20H22ClF3N2. The van der Waals surface area contributed by atoms with Gasteiger partial charge < -0.3 is 4.90 Å².